The summed E-state index contributed by atoms with van der Waals surface area (Å²) in [5, 5.41) is 0. The fourth-order valence-corrected chi connectivity index (χ4v) is 5.18. The van der Waals surface area contributed by atoms with Crippen molar-refractivity contribution in [2.45, 2.75) is 180 Å². The van der Waals surface area contributed by atoms with Crippen LogP contribution in [-0.2, 0) is 28.5 Å². The molecule has 216 valence electrons. The van der Waals surface area contributed by atoms with E-state index in [1.54, 1.807) is 6.92 Å². The number of hydrogen-bond acceptors (Lipinski definition) is 6. The highest BCUT2D eigenvalue weighted by Gasteiger charge is 2.36. The van der Waals surface area contributed by atoms with Crippen LogP contribution in [0.2, 0.25) is 0 Å². The van der Waals surface area contributed by atoms with Gasteiger partial charge in [-0.15, -0.1) is 0 Å². The van der Waals surface area contributed by atoms with Crippen LogP contribution in [0.25, 0.3) is 0 Å². The molecule has 0 bridgehead atoms. The van der Waals surface area contributed by atoms with Crippen LogP contribution in [0.5, 0.6) is 0 Å². The zero-order valence-corrected chi connectivity index (χ0v) is 24.2. The zero-order valence-electron chi connectivity index (χ0n) is 24.2. The van der Waals surface area contributed by atoms with E-state index in [1.165, 1.54) is 77.0 Å². The van der Waals surface area contributed by atoms with E-state index in [1.807, 2.05) is 0 Å². The number of epoxide rings is 2. The van der Waals surface area contributed by atoms with Gasteiger partial charge in [-0.25, -0.2) is 0 Å². The Bertz CT molecular complexity index is 609. The molecule has 2 saturated heterocycles. The summed E-state index contributed by atoms with van der Waals surface area (Å²) >= 11 is 0. The molecular formula is C31H56O6. The van der Waals surface area contributed by atoms with E-state index in [0.29, 0.717) is 37.3 Å². The van der Waals surface area contributed by atoms with Gasteiger partial charge in [0.05, 0.1) is 24.4 Å². The molecule has 0 amide bonds. The molecule has 6 nitrogen and oxygen atoms in total. The van der Waals surface area contributed by atoms with Gasteiger partial charge in [-0.05, 0) is 45.4 Å². The maximum absolute atomic E-state index is 12.0. The Hall–Kier alpha value is -1.14. The van der Waals surface area contributed by atoms with Gasteiger partial charge in [-0.3, -0.25) is 9.59 Å². The first-order chi connectivity index (χ1) is 18.0. The van der Waals surface area contributed by atoms with Crippen LogP contribution in [-0.4, -0.2) is 49.1 Å². The molecule has 5 unspecified atom stereocenters. The van der Waals surface area contributed by atoms with E-state index in [4.69, 9.17) is 18.9 Å². The van der Waals surface area contributed by atoms with Crippen molar-refractivity contribution in [3.63, 3.8) is 0 Å². The molecule has 0 aromatic heterocycles. The lowest BCUT2D eigenvalue weighted by Crippen LogP contribution is -2.22. The van der Waals surface area contributed by atoms with E-state index in [9.17, 15) is 9.59 Å². The van der Waals surface area contributed by atoms with Crippen LogP contribution in [0.1, 0.15) is 149 Å². The molecule has 0 N–H and O–H groups in total. The lowest BCUT2D eigenvalue weighted by atomic mass is 10.1. The third kappa shape index (κ3) is 16.4. The number of rotatable bonds is 25. The van der Waals surface area contributed by atoms with E-state index in [0.717, 1.165) is 38.5 Å². The molecule has 0 aliphatic carbocycles. The van der Waals surface area contributed by atoms with E-state index in [2.05, 4.69) is 13.8 Å². The first kappa shape index (κ1) is 32.1. The average Bonchev–Trinajstić information content (AvgIpc) is 3.81. The molecule has 2 heterocycles. The number of esters is 2. The van der Waals surface area contributed by atoms with Crippen molar-refractivity contribution >= 4 is 11.9 Å². The number of unbranched alkanes of at least 4 members (excludes halogenated alkanes) is 12. The summed E-state index contributed by atoms with van der Waals surface area (Å²) in [7, 11) is 0. The molecule has 0 radical (unpaired) electrons. The fourth-order valence-electron chi connectivity index (χ4n) is 5.18. The summed E-state index contributed by atoms with van der Waals surface area (Å²) in [4.78, 5) is 24.0. The zero-order chi connectivity index (χ0) is 26.7. The van der Waals surface area contributed by atoms with Gasteiger partial charge in [0.25, 0.3) is 0 Å². The van der Waals surface area contributed by atoms with Gasteiger partial charge in [0.1, 0.15) is 12.7 Å². The number of carbonyl (C=O) groups excluding carboxylic acids is 2. The summed E-state index contributed by atoms with van der Waals surface area (Å²) in [5.41, 5.74) is 0. The van der Waals surface area contributed by atoms with Crippen molar-refractivity contribution in [2.24, 2.45) is 0 Å². The minimum absolute atomic E-state index is 0.152. The molecule has 0 saturated carbocycles. The Morgan fingerprint density at radius 2 is 1.00 bits per heavy atom. The molecular weight excluding hydrogens is 468 g/mol. The van der Waals surface area contributed by atoms with Crippen LogP contribution >= 0.6 is 0 Å². The second-order valence-corrected chi connectivity index (χ2v) is 11.3. The molecule has 2 fully saturated rings. The van der Waals surface area contributed by atoms with Gasteiger partial charge in [0.15, 0.2) is 0 Å². The summed E-state index contributed by atoms with van der Waals surface area (Å²) in [5.74, 6) is -0.374. The number of ether oxygens (including phenoxy) is 4. The van der Waals surface area contributed by atoms with E-state index in [-0.39, 0.29) is 24.6 Å². The molecule has 2 aliphatic heterocycles. The van der Waals surface area contributed by atoms with Crippen LogP contribution in [0.3, 0.4) is 0 Å². The third-order valence-electron chi connectivity index (χ3n) is 7.73. The first-order valence-electron chi connectivity index (χ1n) is 15.7. The van der Waals surface area contributed by atoms with Gasteiger partial charge in [-0.1, -0.05) is 90.9 Å². The summed E-state index contributed by atoms with van der Waals surface area (Å²) in [6.07, 6.45) is 23.7. The van der Waals surface area contributed by atoms with Gasteiger partial charge >= 0.3 is 11.9 Å². The van der Waals surface area contributed by atoms with Gasteiger partial charge in [0, 0.05) is 12.8 Å². The molecule has 37 heavy (non-hydrogen) atoms. The maximum atomic E-state index is 12.0. The Labute approximate surface area is 226 Å². The van der Waals surface area contributed by atoms with E-state index < -0.39 is 0 Å². The highest BCUT2D eigenvalue weighted by atomic mass is 16.6. The fraction of sp³-hybridized carbons (Fsp3) is 0.935. The van der Waals surface area contributed by atoms with Crippen LogP contribution in [0.15, 0.2) is 0 Å². The van der Waals surface area contributed by atoms with Crippen molar-refractivity contribution < 1.29 is 28.5 Å². The van der Waals surface area contributed by atoms with Crippen molar-refractivity contribution in [1.29, 1.82) is 0 Å². The SMILES string of the molecule is CCC1OC1CCCCCCCCCC(=O)OCC(C)OC(=O)CCCCCCCCCC1OC1CC. The average molecular weight is 525 g/mol. The number of carbonyl (C=O) groups is 2. The lowest BCUT2D eigenvalue weighted by Gasteiger charge is -2.13. The van der Waals surface area contributed by atoms with Crippen molar-refractivity contribution in [3.05, 3.63) is 0 Å². The van der Waals surface area contributed by atoms with Crippen LogP contribution < -0.4 is 0 Å². The molecule has 0 spiro atoms. The minimum atomic E-state index is -0.382. The van der Waals surface area contributed by atoms with Crippen LogP contribution in [0, 0.1) is 0 Å². The highest BCUT2D eigenvalue weighted by molar-refractivity contribution is 5.70. The first-order valence-corrected chi connectivity index (χ1v) is 15.7. The van der Waals surface area contributed by atoms with Crippen molar-refractivity contribution in [1.82, 2.24) is 0 Å². The highest BCUT2D eigenvalue weighted by Crippen LogP contribution is 2.30. The largest absolute Gasteiger partial charge is 0.462 e. The Balaban J connectivity index is 1.28. The summed E-state index contributed by atoms with van der Waals surface area (Å²) in [6, 6.07) is 0. The van der Waals surface area contributed by atoms with Crippen LogP contribution in [0.4, 0.5) is 0 Å². The van der Waals surface area contributed by atoms with Gasteiger partial charge in [-0.2, -0.15) is 0 Å². The van der Waals surface area contributed by atoms with E-state index >= 15 is 0 Å². The number of hydrogen-bond donors (Lipinski definition) is 0. The smallest absolute Gasteiger partial charge is 0.306 e. The monoisotopic (exact) mass is 524 g/mol. The Morgan fingerprint density at radius 3 is 1.43 bits per heavy atom. The van der Waals surface area contributed by atoms with Crippen molar-refractivity contribution in [2.75, 3.05) is 6.61 Å². The summed E-state index contributed by atoms with van der Waals surface area (Å²) in [6.45, 7) is 6.32. The predicted octanol–water partition coefficient (Wildman–Crippen LogP) is 7.84. The molecule has 6 heteroatoms. The molecule has 2 aliphatic rings. The molecule has 2 rings (SSSR count). The molecule has 0 aromatic rings. The standard InChI is InChI=1S/C31H56O6/c1-4-26-28(36-26)20-16-12-8-6-10-14-18-22-30(32)34-24-25(3)35-31(33)23-19-15-11-7-9-13-17-21-29-27(5-2)37-29/h25-29H,4-24H2,1-3H3. The topological polar surface area (TPSA) is 77.7 Å². The molecule has 5 atom stereocenters. The Morgan fingerprint density at radius 1 is 0.595 bits per heavy atom. The second kappa shape index (κ2) is 19.9. The Kier molecular flexibility index (Phi) is 17.2. The van der Waals surface area contributed by atoms with Gasteiger partial charge < -0.3 is 18.9 Å². The maximum Gasteiger partial charge on any atom is 0.306 e. The normalized spacial score (nSPS) is 23.0. The third-order valence-corrected chi connectivity index (χ3v) is 7.73. The summed E-state index contributed by atoms with van der Waals surface area (Å²) < 4.78 is 21.8. The van der Waals surface area contributed by atoms with Crippen molar-refractivity contribution in [3.8, 4) is 0 Å². The minimum Gasteiger partial charge on any atom is -0.462 e. The second-order valence-electron chi connectivity index (χ2n) is 11.3. The lowest BCUT2D eigenvalue weighted by molar-refractivity contribution is -0.158. The molecule has 0 aromatic carbocycles. The predicted molar refractivity (Wildman–Crippen MR) is 148 cm³/mol. The van der Waals surface area contributed by atoms with Gasteiger partial charge in [0.2, 0.25) is 0 Å². The quantitative estimate of drug-likeness (QED) is 0.0688.